The molecule has 1 aromatic heterocycles. The molecule has 0 aliphatic heterocycles. The van der Waals surface area contributed by atoms with Gasteiger partial charge in [-0.25, -0.2) is 4.98 Å². The van der Waals surface area contributed by atoms with Crippen molar-refractivity contribution in [2.24, 2.45) is 5.92 Å². The first kappa shape index (κ1) is 11.8. The summed E-state index contributed by atoms with van der Waals surface area (Å²) in [6.45, 7) is 6.62. The van der Waals surface area contributed by atoms with Gasteiger partial charge in [0.05, 0.1) is 12.8 Å². The van der Waals surface area contributed by atoms with Crippen LogP contribution in [0.3, 0.4) is 0 Å². The van der Waals surface area contributed by atoms with Gasteiger partial charge in [-0.2, -0.15) is 0 Å². The molecule has 0 spiro atoms. The molecule has 3 heteroatoms. The topological polar surface area (TPSA) is 34.2 Å². The molecular formula is C12H20N2O. The molecule has 0 fully saturated rings. The monoisotopic (exact) mass is 208 g/mol. The van der Waals surface area contributed by atoms with Gasteiger partial charge < -0.3 is 10.1 Å². The maximum Gasteiger partial charge on any atom is 0.237 e. The summed E-state index contributed by atoms with van der Waals surface area (Å²) in [5.41, 5.74) is 0.966. The number of hydrogen-bond donors (Lipinski definition) is 1. The number of nitrogens with zero attached hydrogens (tertiary/aromatic N) is 1. The summed E-state index contributed by atoms with van der Waals surface area (Å²) < 4.78 is 5.19. The molecule has 1 N–H and O–H groups in total. The van der Waals surface area contributed by atoms with Crippen LogP contribution in [0.4, 0.5) is 5.69 Å². The van der Waals surface area contributed by atoms with Gasteiger partial charge in [0.2, 0.25) is 5.88 Å². The fourth-order valence-corrected chi connectivity index (χ4v) is 1.40. The molecule has 0 radical (unpaired) electrons. The van der Waals surface area contributed by atoms with E-state index in [2.05, 4.69) is 31.1 Å². The lowest BCUT2D eigenvalue weighted by Gasteiger charge is -2.21. The van der Waals surface area contributed by atoms with Crippen LogP contribution < -0.4 is 10.1 Å². The van der Waals surface area contributed by atoms with E-state index in [-0.39, 0.29) is 0 Å². The average molecular weight is 208 g/mol. The summed E-state index contributed by atoms with van der Waals surface area (Å²) in [6, 6.07) is 4.33. The first-order valence-corrected chi connectivity index (χ1v) is 5.44. The minimum Gasteiger partial charge on any atom is -0.480 e. The minimum atomic E-state index is 0.424. The third kappa shape index (κ3) is 3.11. The molecule has 1 rings (SSSR count). The van der Waals surface area contributed by atoms with Crippen molar-refractivity contribution < 1.29 is 4.74 Å². The zero-order chi connectivity index (χ0) is 11.3. The van der Waals surface area contributed by atoms with Crippen LogP contribution in [0.25, 0.3) is 0 Å². The molecule has 0 saturated heterocycles. The Morgan fingerprint density at radius 3 is 2.80 bits per heavy atom. The minimum absolute atomic E-state index is 0.424. The number of pyridine rings is 1. The van der Waals surface area contributed by atoms with E-state index in [1.165, 1.54) is 0 Å². The number of nitrogens with one attached hydrogen (secondary N) is 1. The van der Waals surface area contributed by atoms with Crippen LogP contribution in [0.2, 0.25) is 0 Å². The number of rotatable bonds is 5. The summed E-state index contributed by atoms with van der Waals surface area (Å²) in [5.74, 6) is 1.29. The Morgan fingerprint density at radius 2 is 2.20 bits per heavy atom. The summed E-state index contributed by atoms with van der Waals surface area (Å²) in [7, 11) is 1.64. The second-order valence-electron chi connectivity index (χ2n) is 3.88. The smallest absolute Gasteiger partial charge is 0.237 e. The second-order valence-corrected chi connectivity index (χ2v) is 3.88. The molecule has 84 valence electrons. The van der Waals surface area contributed by atoms with Gasteiger partial charge in [-0.05, 0) is 25.0 Å². The summed E-state index contributed by atoms with van der Waals surface area (Å²) in [5, 5.41) is 3.42. The summed E-state index contributed by atoms with van der Waals surface area (Å²) >= 11 is 0. The number of aromatic nitrogens is 1. The molecule has 0 saturated carbocycles. The SMILES string of the molecule is CC[C@@H](C)[C@H](C)Nc1cccnc1OC. The zero-order valence-corrected chi connectivity index (χ0v) is 9.95. The Hall–Kier alpha value is -1.25. The fourth-order valence-electron chi connectivity index (χ4n) is 1.40. The van der Waals surface area contributed by atoms with Crippen molar-refractivity contribution in [1.82, 2.24) is 4.98 Å². The Kier molecular flexibility index (Phi) is 4.40. The van der Waals surface area contributed by atoms with Crippen LogP contribution in [0.1, 0.15) is 27.2 Å². The van der Waals surface area contributed by atoms with Crippen LogP contribution in [-0.2, 0) is 0 Å². The first-order valence-electron chi connectivity index (χ1n) is 5.44. The van der Waals surface area contributed by atoms with E-state index in [1.807, 2.05) is 12.1 Å². The Morgan fingerprint density at radius 1 is 1.47 bits per heavy atom. The molecule has 0 aliphatic rings. The van der Waals surface area contributed by atoms with E-state index >= 15 is 0 Å². The van der Waals surface area contributed by atoms with Crippen LogP contribution >= 0.6 is 0 Å². The Labute approximate surface area is 91.9 Å². The van der Waals surface area contributed by atoms with Gasteiger partial charge in [0, 0.05) is 12.2 Å². The molecule has 2 atom stereocenters. The second kappa shape index (κ2) is 5.59. The maximum absolute atomic E-state index is 5.19. The molecule has 0 bridgehead atoms. The number of anilines is 1. The van der Waals surface area contributed by atoms with E-state index < -0.39 is 0 Å². The Bertz CT molecular complexity index is 301. The van der Waals surface area contributed by atoms with Crippen LogP contribution in [-0.4, -0.2) is 18.1 Å². The highest BCUT2D eigenvalue weighted by Crippen LogP contribution is 2.22. The van der Waals surface area contributed by atoms with E-state index in [1.54, 1.807) is 13.3 Å². The van der Waals surface area contributed by atoms with Gasteiger partial charge in [-0.3, -0.25) is 0 Å². The molecule has 1 heterocycles. The van der Waals surface area contributed by atoms with Crippen molar-refractivity contribution >= 4 is 5.69 Å². The van der Waals surface area contributed by atoms with Crippen molar-refractivity contribution in [3.63, 3.8) is 0 Å². The van der Waals surface area contributed by atoms with E-state index in [9.17, 15) is 0 Å². The number of ether oxygens (including phenoxy) is 1. The van der Waals surface area contributed by atoms with Crippen LogP contribution in [0.15, 0.2) is 18.3 Å². The summed E-state index contributed by atoms with van der Waals surface area (Å²) in [6.07, 6.45) is 2.90. The summed E-state index contributed by atoms with van der Waals surface area (Å²) in [4.78, 5) is 4.15. The molecular weight excluding hydrogens is 188 g/mol. The predicted octanol–water partition coefficient (Wildman–Crippen LogP) is 2.94. The molecule has 0 amide bonds. The van der Waals surface area contributed by atoms with E-state index in [0.29, 0.717) is 17.8 Å². The zero-order valence-electron chi connectivity index (χ0n) is 9.95. The normalized spacial score (nSPS) is 14.4. The molecule has 15 heavy (non-hydrogen) atoms. The lowest BCUT2D eigenvalue weighted by Crippen LogP contribution is -2.23. The quantitative estimate of drug-likeness (QED) is 0.807. The Balaban J connectivity index is 2.71. The van der Waals surface area contributed by atoms with Crippen molar-refractivity contribution in [1.29, 1.82) is 0 Å². The standard InChI is InChI=1S/C12H20N2O/c1-5-9(2)10(3)14-11-7-6-8-13-12(11)15-4/h6-10,14H,5H2,1-4H3/t9-,10+/m1/s1. The number of hydrogen-bond acceptors (Lipinski definition) is 3. The lowest BCUT2D eigenvalue weighted by molar-refractivity contribution is 0.398. The van der Waals surface area contributed by atoms with Gasteiger partial charge in [0.15, 0.2) is 0 Å². The van der Waals surface area contributed by atoms with Crippen LogP contribution in [0.5, 0.6) is 5.88 Å². The molecule has 3 nitrogen and oxygen atoms in total. The van der Waals surface area contributed by atoms with Crippen molar-refractivity contribution in [3.8, 4) is 5.88 Å². The number of methoxy groups -OCH3 is 1. The van der Waals surface area contributed by atoms with E-state index in [0.717, 1.165) is 12.1 Å². The highest BCUT2D eigenvalue weighted by molar-refractivity contribution is 5.52. The van der Waals surface area contributed by atoms with E-state index in [4.69, 9.17) is 4.74 Å². The highest BCUT2D eigenvalue weighted by Gasteiger charge is 2.12. The fraction of sp³-hybridized carbons (Fsp3) is 0.583. The maximum atomic E-state index is 5.19. The molecule has 1 aromatic rings. The first-order chi connectivity index (χ1) is 7.19. The molecule has 0 unspecified atom stereocenters. The van der Waals surface area contributed by atoms with Gasteiger partial charge >= 0.3 is 0 Å². The highest BCUT2D eigenvalue weighted by atomic mass is 16.5. The van der Waals surface area contributed by atoms with Crippen molar-refractivity contribution in [2.75, 3.05) is 12.4 Å². The lowest BCUT2D eigenvalue weighted by atomic mass is 10.0. The van der Waals surface area contributed by atoms with Crippen molar-refractivity contribution in [3.05, 3.63) is 18.3 Å². The van der Waals surface area contributed by atoms with Gasteiger partial charge in [-0.15, -0.1) is 0 Å². The third-order valence-corrected chi connectivity index (χ3v) is 2.85. The predicted molar refractivity (Wildman–Crippen MR) is 63.3 cm³/mol. The molecule has 0 aliphatic carbocycles. The average Bonchev–Trinajstić information content (AvgIpc) is 2.28. The van der Waals surface area contributed by atoms with Gasteiger partial charge in [-0.1, -0.05) is 20.3 Å². The van der Waals surface area contributed by atoms with Gasteiger partial charge in [0.25, 0.3) is 0 Å². The largest absolute Gasteiger partial charge is 0.480 e. The third-order valence-electron chi connectivity index (χ3n) is 2.85. The van der Waals surface area contributed by atoms with Gasteiger partial charge in [0.1, 0.15) is 0 Å². The van der Waals surface area contributed by atoms with Crippen LogP contribution in [0, 0.1) is 5.92 Å². The van der Waals surface area contributed by atoms with Crippen molar-refractivity contribution in [2.45, 2.75) is 33.2 Å². The molecule has 0 aromatic carbocycles.